The van der Waals surface area contributed by atoms with E-state index in [-0.39, 0.29) is 11.6 Å². The van der Waals surface area contributed by atoms with Crippen molar-refractivity contribution < 1.29 is 9.90 Å². The van der Waals surface area contributed by atoms with E-state index in [1.807, 2.05) is 30.3 Å². The fourth-order valence-corrected chi connectivity index (χ4v) is 2.00. The van der Waals surface area contributed by atoms with Gasteiger partial charge in [0.1, 0.15) is 5.75 Å². The van der Waals surface area contributed by atoms with Crippen LogP contribution < -0.4 is 5.73 Å². The van der Waals surface area contributed by atoms with Gasteiger partial charge in [0.05, 0.1) is 5.69 Å². The topological polar surface area (TPSA) is 94.0 Å². The summed E-state index contributed by atoms with van der Waals surface area (Å²) in [6, 6.07) is 15.8. The average molecular weight is 280 g/mol. The van der Waals surface area contributed by atoms with Crippen LogP contribution in [0.1, 0.15) is 10.6 Å². The van der Waals surface area contributed by atoms with Crippen LogP contribution in [0, 0.1) is 0 Å². The van der Waals surface area contributed by atoms with Gasteiger partial charge in [-0.3, -0.25) is 4.79 Å². The molecule has 0 saturated heterocycles. The second-order valence-corrected chi connectivity index (χ2v) is 4.42. The highest BCUT2D eigenvalue weighted by Crippen LogP contribution is 2.22. The highest BCUT2D eigenvalue weighted by Gasteiger charge is 2.16. The van der Waals surface area contributed by atoms with Crippen molar-refractivity contribution in [2.75, 3.05) is 0 Å². The number of carbonyl (C=O) groups excluding carboxylic acids is 1. The number of amides is 1. The van der Waals surface area contributed by atoms with Gasteiger partial charge < -0.3 is 10.8 Å². The fourth-order valence-electron chi connectivity index (χ4n) is 2.00. The van der Waals surface area contributed by atoms with E-state index in [1.165, 1.54) is 10.7 Å². The molecule has 0 bridgehead atoms. The standard InChI is InChI=1S/C15H12N4O2/c16-13(21)14-17-15(10-5-2-1-3-6-10)19(18-14)11-7-4-8-12(20)9-11/h1-9,20H,(H2,16,21). The highest BCUT2D eigenvalue weighted by atomic mass is 16.3. The molecule has 1 aromatic heterocycles. The van der Waals surface area contributed by atoms with Crippen LogP contribution in [0.5, 0.6) is 5.75 Å². The van der Waals surface area contributed by atoms with Gasteiger partial charge in [-0.15, -0.1) is 5.10 Å². The number of aromatic hydroxyl groups is 1. The predicted octanol–water partition coefficient (Wildman–Crippen LogP) is 1.74. The Hall–Kier alpha value is -3.15. The molecule has 1 amide bonds. The van der Waals surface area contributed by atoms with Crippen LogP contribution in [0.3, 0.4) is 0 Å². The zero-order valence-corrected chi connectivity index (χ0v) is 11.0. The van der Waals surface area contributed by atoms with Crippen molar-refractivity contribution in [1.82, 2.24) is 14.8 Å². The third-order valence-corrected chi connectivity index (χ3v) is 2.93. The lowest BCUT2D eigenvalue weighted by atomic mass is 10.2. The number of aromatic nitrogens is 3. The fraction of sp³-hybridized carbons (Fsp3) is 0. The van der Waals surface area contributed by atoms with Crippen LogP contribution in [0.2, 0.25) is 0 Å². The van der Waals surface area contributed by atoms with Gasteiger partial charge in [0.15, 0.2) is 5.82 Å². The van der Waals surface area contributed by atoms with Crippen molar-refractivity contribution in [3.8, 4) is 22.8 Å². The zero-order valence-electron chi connectivity index (χ0n) is 11.0. The van der Waals surface area contributed by atoms with Crippen molar-refractivity contribution in [3.05, 3.63) is 60.4 Å². The summed E-state index contributed by atoms with van der Waals surface area (Å²) in [7, 11) is 0. The number of nitrogens with two attached hydrogens (primary N) is 1. The maximum Gasteiger partial charge on any atom is 0.288 e. The number of hydrogen-bond acceptors (Lipinski definition) is 4. The molecule has 1 heterocycles. The molecule has 3 N–H and O–H groups in total. The summed E-state index contributed by atoms with van der Waals surface area (Å²) in [6.07, 6.45) is 0. The molecule has 0 saturated carbocycles. The Morgan fingerprint density at radius 2 is 1.86 bits per heavy atom. The Bertz CT molecular complexity index is 796. The Morgan fingerprint density at radius 1 is 1.10 bits per heavy atom. The molecule has 104 valence electrons. The number of benzene rings is 2. The number of nitrogens with zero attached hydrogens (tertiary/aromatic N) is 3. The van der Waals surface area contributed by atoms with Gasteiger partial charge in [-0.2, -0.15) is 0 Å². The molecule has 0 fully saturated rings. The van der Waals surface area contributed by atoms with Crippen LogP contribution in [0.15, 0.2) is 54.6 Å². The lowest BCUT2D eigenvalue weighted by Crippen LogP contribution is -2.13. The molecule has 2 aromatic carbocycles. The van der Waals surface area contributed by atoms with E-state index < -0.39 is 5.91 Å². The van der Waals surface area contributed by atoms with Gasteiger partial charge in [0.2, 0.25) is 5.82 Å². The smallest absolute Gasteiger partial charge is 0.288 e. The lowest BCUT2D eigenvalue weighted by molar-refractivity contribution is 0.0990. The van der Waals surface area contributed by atoms with Crippen molar-refractivity contribution >= 4 is 5.91 Å². The third kappa shape index (κ3) is 2.46. The number of carbonyl (C=O) groups is 1. The molecule has 0 aliphatic rings. The van der Waals surface area contributed by atoms with Gasteiger partial charge in [0.25, 0.3) is 5.91 Å². The summed E-state index contributed by atoms with van der Waals surface area (Å²) in [5, 5.41) is 13.7. The van der Waals surface area contributed by atoms with E-state index in [4.69, 9.17) is 5.73 Å². The Labute approximate surface area is 120 Å². The summed E-state index contributed by atoms with van der Waals surface area (Å²) >= 11 is 0. The maximum absolute atomic E-state index is 11.3. The monoisotopic (exact) mass is 280 g/mol. The first-order valence-corrected chi connectivity index (χ1v) is 6.27. The van der Waals surface area contributed by atoms with Crippen LogP contribution in [-0.4, -0.2) is 25.8 Å². The summed E-state index contributed by atoms with van der Waals surface area (Å²) in [5.41, 5.74) is 6.64. The first-order valence-electron chi connectivity index (χ1n) is 6.27. The number of phenolic OH excluding ortho intramolecular Hbond substituents is 1. The largest absolute Gasteiger partial charge is 0.508 e. The number of hydrogen-bond donors (Lipinski definition) is 2. The number of phenols is 1. The normalized spacial score (nSPS) is 10.5. The Kier molecular flexibility index (Phi) is 3.12. The lowest BCUT2D eigenvalue weighted by Gasteiger charge is -2.06. The van der Waals surface area contributed by atoms with Crippen molar-refractivity contribution in [3.63, 3.8) is 0 Å². The molecule has 0 aliphatic carbocycles. The molecular formula is C15H12N4O2. The molecule has 0 unspecified atom stereocenters. The van der Waals surface area contributed by atoms with E-state index in [1.54, 1.807) is 18.2 Å². The third-order valence-electron chi connectivity index (χ3n) is 2.93. The van der Waals surface area contributed by atoms with E-state index in [2.05, 4.69) is 10.1 Å². The Balaban J connectivity index is 2.21. The first kappa shape index (κ1) is 12.9. The van der Waals surface area contributed by atoms with Crippen molar-refractivity contribution in [2.24, 2.45) is 5.73 Å². The molecule has 3 aromatic rings. The molecule has 3 rings (SSSR count). The second-order valence-electron chi connectivity index (χ2n) is 4.42. The number of rotatable bonds is 3. The summed E-state index contributed by atoms with van der Waals surface area (Å²) in [4.78, 5) is 15.5. The summed E-state index contributed by atoms with van der Waals surface area (Å²) in [5.74, 6) is -0.194. The van der Waals surface area contributed by atoms with E-state index in [9.17, 15) is 9.90 Å². The van der Waals surface area contributed by atoms with Gasteiger partial charge in [0, 0.05) is 11.6 Å². The maximum atomic E-state index is 11.3. The molecule has 0 atom stereocenters. The van der Waals surface area contributed by atoms with Crippen LogP contribution in [0.25, 0.3) is 17.1 Å². The molecule has 0 radical (unpaired) electrons. The first-order chi connectivity index (χ1) is 10.1. The minimum absolute atomic E-state index is 0.0720. The second kappa shape index (κ2) is 5.09. The van der Waals surface area contributed by atoms with E-state index in [0.29, 0.717) is 11.5 Å². The summed E-state index contributed by atoms with van der Waals surface area (Å²) < 4.78 is 1.48. The average Bonchev–Trinajstić information content (AvgIpc) is 2.93. The van der Waals surface area contributed by atoms with Gasteiger partial charge >= 0.3 is 0 Å². The Morgan fingerprint density at radius 3 is 2.52 bits per heavy atom. The predicted molar refractivity (Wildman–Crippen MR) is 77.0 cm³/mol. The molecule has 21 heavy (non-hydrogen) atoms. The van der Waals surface area contributed by atoms with Crippen LogP contribution in [-0.2, 0) is 0 Å². The SMILES string of the molecule is NC(=O)c1nc(-c2ccccc2)n(-c2cccc(O)c2)n1. The zero-order chi connectivity index (χ0) is 14.8. The van der Waals surface area contributed by atoms with Gasteiger partial charge in [-0.1, -0.05) is 36.4 Å². The quantitative estimate of drug-likeness (QED) is 0.764. The summed E-state index contributed by atoms with van der Waals surface area (Å²) in [6.45, 7) is 0. The van der Waals surface area contributed by atoms with Crippen molar-refractivity contribution in [1.29, 1.82) is 0 Å². The minimum Gasteiger partial charge on any atom is -0.508 e. The molecule has 6 nitrogen and oxygen atoms in total. The van der Waals surface area contributed by atoms with Gasteiger partial charge in [-0.25, -0.2) is 9.67 Å². The molecule has 0 spiro atoms. The number of primary amides is 1. The van der Waals surface area contributed by atoms with E-state index in [0.717, 1.165) is 5.56 Å². The molecule has 0 aliphatic heterocycles. The van der Waals surface area contributed by atoms with Crippen molar-refractivity contribution in [2.45, 2.75) is 0 Å². The highest BCUT2D eigenvalue weighted by molar-refractivity contribution is 5.89. The minimum atomic E-state index is -0.703. The van der Waals surface area contributed by atoms with Gasteiger partial charge in [-0.05, 0) is 12.1 Å². The molecule has 6 heteroatoms. The van der Waals surface area contributed by atoms with E-state index >= 15 is 0 Å². The van der Waals surface area contributed by atoms with Crippen LogP contribution >= 0.6 is 0 Å². The molecular weight excluding hydrogens is 268 g/mol. The van der Waals surface area contributed by atoms with Crippen LogP contribution in [0.4, 0.5) is 0 Å².